The molecule has 0 radical (unpaired) electrons. The molecule has 170 valence electrons. The molecule has 1 N–H and O–H groups in total. The number of aromatic nitrogens is 2. The van der Waals surface area contributed by atoms with Gasteiger partial charge in [-0.1, -0.05) is 42.5 Å². The van der Waals surface area contributed by atoms with Crippen LogP contribution in [-0.2, 0) is 16.3 Å². The molecule has 2 atom stereocenters. The molecule has 1 aromatic heterocycles. The fourth-order valence-corrected chi connectivity index (χ4v) is 6.05. The van der Waals surface area contributed by atoms with Gasteiger partial charge in [0.1, 0.15) is 9.84 Å². The Hall–Kier alpha value is -2.90. The Kier molecular flexibility index (Phi) is 6.08. The van der Waals surface area contributed by atoms with Crippen LogP contribution < -0.4 is 5.32 Å². The van der Waals surface area contributed by atoms with Crippen LogP contribution >= 0.6 is 0 Å². The topological polar surface area (TPSA) is 89.0 Å². The van der Waals surface area contributed by atoms with E-state index in [4.69, 9.17) is 0 Å². The zero-order valence-electron chi connectivity index (χ0n) is 18.4. The van der Waals surface area contributed by atoms with Crippen molar-refractivity contribution in [2.45, 2.75) is 43.7 Å². The molecule has 0 spiro atoms. The standard InChI is InChI=1S/C26H27N3O3S/c30-25(15-18-5-7-19(8-6-18)26-27-11-2-12-28-26)21-4-1-3-20(16-21)23-17-24(23)29-22-9-13-33(31,32)14-10-22/h1-8,11-12,16,22-24,29H,9-10,13-15,17H2. The van der Waals surface area contributed by atoms with Crippen molar-refractivity contribution >= 4 is 15.6 Å². The van der Waals surface area contributed by atoms with E-state index in [0.29, 0.717) is 37.0 Å². The molecule has 1 aliphatic heterocycles. The number of carbonyl (C=O) groups is 1. The number of ketones is 1. The Morgan fingerprint density at radius 2 is 1.70 bits per heavy atom. The third-order valence-electron chi connectivity index (χ3n) is 6.57. The molecule has 2 fully saturated rings. The SMILES string of the molecule is O=C(Cc1ccc(-c2ncccn2)cc1)c1cccc(C2CC2NC2CCS(=O)(=O)CC2)c1. The first-order chi connectivity index (χ1) is 16.0. The van der Waals surface area contributed by atoms with Gasteiger partial charge < -0.3 is 5.32 Å². The van der Waals surface area contributed by atoms with Crippen LogP contribution in [0, 0.1) is 0 Å². The number of Topliss-reactive ketones (excluding diaryl/α,β-unsaturated/α-hetero) is 1. The average Bonchev–Trinajstić information content (AvgIpc) is 3.61. The lowest BCUT2D eigenvalue weighted by molar-refractivity contribution is 0.0993. The predicted octanol–water partition coefficient (Wildman–Crippen LogP) is 3.59. The molecule has 2 aliphatic rings. The number of hydrogen-bond acceptors (Lipinski definition) is 6. The second-order valence-corrected chi connectivity index (χ2v) is 11.3. The van der Waals surface area contributed by atoms with Crippen molar-refractivity contribution in [3.05, 3.63) is 83.7 Å². The molecule has 3 aromatic rings. The Labute approximate surface area is 194 Å². The second kappa shape index (κ2) is 9.15. The first kappa shape index (κ1) is 21.9. The minimum atomic E-state index is -2.84. The van der Waals surface area contributed by atoms with Crippen molar-refractivity contribution < 1.29 is 13.2 Å². The Morgan fingerprint density at radius 1 is 0.970 bits per heavy atom. The minimum Gasteiger partial charge on any atom is -0.311 e. The molecule has 33 heavy (non-hydrogen) atoms. The lowest BCUT2D eigenvalue weighted by Crippen LogP contribution is -2.39. The van der Waals surface area contributed by atoms with Gasteiger partial charge >= 0.3 is 0 Å². The third kappa shape index (κ3) is 5.37. The van der Waals surface area contributed by atoms with Gasteiger partial charge in [-0.2, -0.15) is 0 Å². The van der Waals surface area contributed by atoms with Crippen LogP contribution in [0.5, 0.6) is 0 Å². The van der Waals surface area contributed by atoms with Crippen LogP contribution in [0.15, 0.2) is 67.0 Å². The number of rotatable bonds is 7. The third-order valence-corrected chi connectivity index (χ3v) is 8.29. The van der Waals surface area contributed by atoms with Crippen molar-refractivity contribution in [2.75, 3.05) is 11.5 Å². The zero-order chi connectivity index (χ0) is 22.8. The monoisotopic (exact) mass is 461 g/mol. The van der Waals surface area contributed by atoms with Gasteiger partial charge in [-0.15, -0.1) is 0 Å². The highest BCUT2D eigenvalue weighted by Gasteiger charge is 2.40. The van der Waals surface area contributed by atoms with Crippen LogP contribution in [0.4, 0.5) is 0 Å². The molecule has 7 heteroatoms. The van der Waals surface area contributed by atoms with Crippen LogP contribution in [0.25, 0.3) is 11.4 Å². The Bertz CT molecular complexity index is 1230. The van der Waals surface area contributed by atoms with Crippen LogP contribution in [0.2, 0.25) is 0 Å². The molecule has 2 aromatic carbocycles. The summed E-state index contributed by atoms with van der Waals surface area (Å²) in [6.07, 6.45) is 6.20. The van der Waals surface area contributed by atoms with E-state index in [0.717, 1.165) is 23.1 Å². The highest BCUT2D eigenvalue weighted by atomic mass is 32.2. The molecular weight excluding hydrogens is 434 g/mol. The van der Waals surface area contributed by atoms with E-state index >= 15 is 0 Å². The fraction of sp³-hybridized carbons (Fsp3) is 0.346. The summed E-state index contributed by atoms with van der Waals surface area (Å²) in [5.41, 5.74) is 3.80. The van der Waals surface area contributed by atoms with Crippen LogP contribution in [0.3, 0.4) is 0 Å². The maximum Gasteiger partial charge on any atom is 0.167 e. The molecule has 0 bridgehead atoms. The van der Waals surface area contributed by atoms with E-state index in [9.17, 15) is 13.2 Å². The number of benzene rings is 2. The van der Waals surface area contributed by atoms with Crippen molar-refractivity contribution in [1.82, 2.24) is 15.3 Å². The summed E-state index contributed by atoms with van der Waals surface area (Å²) in [7, 11) is -2.84. The largest absolute Gasteiger partial charge is 0.311 e. The molecule has 6 nitrogen and oxygen atoms in total. The summed E-state index contributed by atoms with van der Waals surface area (Å²) in [6.45, 7) is 0. The van der Waals surface area contributed by atoms with E-state index < -0.39 is 9.84 Å². The van der Waals surface area contributed by atoms with Gasteiger partial charge in [-0.05, 0) is 42.5 Å². The van der Waals surface area contributed by atoms with E-state index in [1.54, 1.807) is 18.5 Å². The lowest BCUT2D eigenvalue weighted by Gasteiger charge is -2.23. The normalized spacial score (nSPS) is 22.1. The van der Waals surface area contributed by atoms with Gasteiger partial charge in [0.15, 0.2) is 11.6 Å². The lowest BCUT2D eigenvalue weighted by atomic mass is 9.99. The molecule has 0 amide bonds. The maximum absolute atomic E-state index is 12.9. The second-order valence-electron chi connectivity index (χ2n) is 9.04. The van der Waals surface area contributed by atoms with Gasteiger partial charge in [0.2, 0.25) is 0 Å². The summed E-state index contributed by atoms with van der Waals surface area (Å²) >= 11 is 0. The fourth-order valence-electron chi connectivity index (χ4n) is 4.56. The van der Waals surface area contributed by atoms with E-state index in [-0.39, 0.29) is 23.3 Å². The van der Waals surface area contributed by atoms with Crippen molar-refractivity contribution in [3.63, 3.8) is 0 Å². The maximum atomic E-state index is 12.9. The summed E-state index contributed by atoms with van der Waals surface area (Å²) in [6, 6.07) is 18.2. The Balaban J connectivity index is 1.19. The molecule has 1 aliphatic carbocycles. The summed E-state index contributed by atoms with van der Waals surface area (Å²) in [4.78, 5) is 21.4. The van der Waals surface area contributed by atoms with Gasteiger partial charge in [0.05, 0.1) is 11.5 Å². The minimum absolute atomic E-state index is 0.100. The van der Waals surface area contributed by atoms with Gasteiger partial charge in [0.25, 0.3) is 0 Å². The summed E-state index contributed by atoms with van der Waals surface area (Å²) in [5.74, 6) is 1.73. The zero-order valence-corrected chi connectivity index (χ0v) is 19.2. The summed E-state index contributed by atoms with van der Waals surface area (Å²) < 4.78 is 23.3. The number of nitrogens with one attached hydrogen (secondary N) is 1. The smallest absolute Gasteiger partial charge is 0.167 e. The van der Waals surface area contributed by atoms with Gasteiger partial charge in [-0.25, -0.2) is 18.4 Å². The number of hydrogen-bond donors (Lipinski definition) is 1. The Morgan fingerprint density at radius 3 is 2.42 bits per heavy atom. The van der Waals surface area contributed by atoms with E-state index in [1.807, 2.05) is 42.5 Å². The molecule has 1 saturated heterocycles. The molecule has 1 saturated carbocycles. The van der Waals surface area contributed by atoms with Crippen molar-refractivity contribution in [3.8, 4) is 11.4 Å². The molecular formula is C26H27N3O3S. The van der Waals surface area contributed by atoms with Crippen molar-refractivity contribution in [1.29, 1.82) is 0 Å². The number of sulfone groups is 1. The first-order valence-corrected chi connectivity index (χ1v) is 13.2. The molecule has 5 rings (SSSR count). The summed E-state index contributed by atoms with van der Waals surface area (Å²) in [5, 5.41) is 3.63. The van der Waals surface area contributed by atoms with Gasteiger partial charge in [-0.3, -0.25) is 4.79 Å². The first-order valence-electron chi connectivity index (χ1n) is 11.4. The van der Waals surface area contributed by atoms with Gasteiger partial charge in [0, 0.05) is 47.9 Å². The average molecular weight is 462 g/mol. The van der Waals surface area contributed by atoms with E-state index in [1.165, 1.54) is 5.56 Å². The number of carbonyl (C=O) groups excluding carboxylic acids is 1. The van der Waals surface area contributed by atoms with E-state index in [2.05, 4.69) is 21.4 Å². The number of nitrogens with zero attached hydrogens (tertiary/aromatic N) is 2. The highest BCUT2D eigenvalue weighted by molar-refractivity contribution is 7.91. The predicted molar refractivity (Wildman–Crippen MR) is 128 cm³/mol. The molecule has 2 unspecified atom stereocenters. The highest BCUT2D eigenvalue weighted by Crippen LogP contribution is 2.41. The quantitative estimate of drug-likeness (QED) is 0.541. The molecule has 2 heterocycles. The van der Waals surface area contributed by atoms with Crippen LogP contribution in [0.1, 0.15) is 46.7 Å². The van der Waals surface area contributed by atoms with Crippen molar-refractivity contribution in [2.24, 2.45) is 0 Å². The van der Waals surface area contributed by atoms with Crippen LogP contribution in [-0.4, -0.2) is 47.8 Å².